The van der Waals surface area contributed by atoms with E-state index in [9.17, 15) is 19.8 Å². The van der Waals surface area contributed by atoms with Crippen molar-refractivity contribution in [2.45, 2.75) is 91.3 Å². The predicted molar refractivity (Wildman–Crippen MR) is 125 cm³/mol. The summed E-state index contributed by atoms with van der Waals surface area (Å²) in [5.74, 6) is -0.319. The minimum atomic E-state index is -0.537. The lowest BCUT2D eigenvalue weighted by Crippen LogP contribution is -2.51. The molecule has 2 rings (SSSR count). The van der Waals surface area contributed by atoms with Gasteiger partial charge in [0.2, 0.25) is 0 Å². The van der Waals surface area contributed by atoms with Crippen molar-refractivity contribution in [2.75, 3.05) is 13.1 Å². The minimum absolute atomic E-state index is 0.00436. The van der Waals surface area contributed by atoms with Crippen molar-refractivity contribution in [3.63, 3.8) is 0 Å². The van der Waals surface area contributed by atoms with Gasteiger partial charge in [-0.3, -0.25) is 9.59 Å². The number of esters is 1. The Labute approximate surface area is 192 Å². The van der Waals surface area contributed by atoms with Gasteiger partial charge in [0.15, 0.2) is 0 Å². The van der Waals surface area contributed by atoms with E-state index in [0.29, 0.717) is 43.8 Å². The molecule has 0 bridgehead atoms. The van der Waals surface area contributed by atoms with E-state index in [4.69, 9.17) is 4.74 Å². The van der Waals surface area contributed by atoms with Crippen LogP contribution in [0.4, 0.5) is 0 Å². The molecule has 7 heteroatoms. The molecule has 1 aromatic rings. The number of nitrogens with zero attached hydrogens (tertiary/aromatic N) is 1. The fourth-order valence-electron chi connectivity index (χ4n) is 4.01. The van der Waals surface area contributed by atoms with Crippen LogP contribution in [0.25, 0.3) is 0 Å². The zero-order chi connectivity index (χ0) is 24.2. The first-order chi connectivity index (χ1) is 14.8. The summed E-state index contributed by atoms with van der Waals surface area (Å²) >= 11 is 0. The van der Waals surface area contributed by atoms with Gasteiger partial charge >= 0.3 is 5.97 Å². The molecule has 0 aromatic heterocycles. The number of piperidine rings is 1. The first-order valence-corrected chi connectivity index (χ1v) is 11.6. The molecule has 0 radical (unpaired) electrons. The quantitative estimate of drug-likeness (QED) is 0.542. The summed E-state index contributed by atoms with van der Waals surface area (Å²) in [5.41, 5.74) is 0.311. The van der Waals surface area contributed by atoms with Crippen LogP contribution in [0, 0.1) is 5.92 Å². The molecule has 1 amide bonds. The number of phenolic OH excluding ortho intramolecular Hbond substituents is 2. The van der Waals surface area contributed by atoms with Gasteiger partial charge in [-0.2, -0.15) is 0 Å². The Morgan fingerprint density at radius 2 is 1.69 bits per heavy atom. The molecule has 0 spiro atoms. The molecule has 7 nitrogen and oxygen atoms in total. The van der Waals surface area contributed by atoms with Gasteiger partial charge in [0.1, 0.15) is 23.1 Å². The molecule has 1 aromatic carbocycles. The average molecular weight is 449 g/mol. The fraction of sp³-hybridized carbons (Fsp3) is 0.680. The highest BCUT2D eigenvalue weighted by atomic mass is 16.6. The van der Waals surface area contributed by atoms with Crippen LogP contribution in [0.3, 0.4) is 0 Å². The number of benzene rings is 1. The average Bonchev–Trinajstić information content (AvgIpc) is 2.65. The van der Waals surface area contributed by atoms with Crippen LogP contribution in [0.1, 0.15) is 89.6 Å². The SMILES string of the molecule is CC(C)C[C@H](NC1CCN(C(=O)c2cc(C(C)C)c(O)cc2O)CC1)C(=O)OC(C)(C)C. The van der Waals surface area contributed by atoms with Crippen molar-refractivity contribution < 1.29 is 24.5 Å². The number of likely N-dealkylation sites (tertiary alicyclic amines) is 1. The zero-order valence-corrected chi connectivity index (χ0v) is 20.6. The molecule has 180 valence electrons. The van der Waals surface area contributed by atoms with Crippen LogP contribution in [0.15, 0.2) is 12.1 Å². The van der Waals surface area contributed by atoms with Crippen molar-refractivity contribution in [2.24, 2.45) is 5.92 Å². The Bertz CT molecular complexity index is 805. The minimum Gasteiger partial charge on any atom is -0.508 e. The van der Waals surface area contributed by atoms with E-state index in [0.717, 1.165) is 0 Å². The fourth-order valence-corrected chi connectivity index (χ4v) is 4.01. The number of nitrogens with one attached hydrogen (secondary N) is 1. The monoisotopic (exact) mass is 448 g/mol. The highest BCUT2D eigenvalue weighted by Crippen LogP contribution is 2.33. The Hall–Kier alpha value is -2.28. The van der Waals surface area contributed by atoms with E-state index in [2.05, 4.69) is 19.2 Å². The van der Waals surface area contributed by atoms with Crippen LogP contribution in [-0.4, -0.2) is 57.8 Å². The summed E-state index contributed by atoms with van der Waals surface area (Å²) in [7, 11) is 0. The number of rotatable bonds is 7. The maximum Gasteiger partial charge on any atom is 0.323 e. The highest BCUT2D eigenvalue weighted by molar-refractivity contribution is 5.97. The molecule has 1 saturated heterocycles. The Kier molecular flexibility index (Phi) is 8.57. The molecule has 0 unspecified atom stereocenters. The van der Waals surface area contributed by atoms with Crippen molar-refractivity contribution in [1.29, 1.82) is 0 Å². The van der Waals surface area contributed by atoms with Crippen LogP contribution >= 0.6 is 0 Å². The van der Waals surface area contributed by atoms with Crippen molar-refractivity contribution >= 4 is 11.9 Å². The smallest absolute Gasteiger partial charge is 0.323 e. The van der Waals surface area contributed by atoms with Gasteiger partial charge in [-0.05, 0) is 63.5 Å². The summed E-state index contributed by atoms with van der Waals surface area (Å²) in [6.07, 6.45) is 2.10. The number of phenols is 2. The van der Waals surface area contributed by atoms with Gasteiger partial charge in [-0.15, -0.1) is 0 Å². The lowest BCUT2D eigenvalue weighted by atomic mass is 9.97. The molecule has 0 saturated carbocycles. The molecule has 1 aliphatic rings. The molecule has 1 aliphatic heterocycles. The maximum atomic E-state index is 13.0. The van der Waals surface area contributed by atoms with Gasteiger partial charge in [0.25, 0.3) is 5.91 Å². The first kappa shape index (κ1) is 26.0. The number of ether oxygens (including phenoxy) is 1. The normalized spacial score (nSPS) is 16.5. The largest absolute Gasteiger partial charge is 0.508 e. The lowest BCUT2D eigenvalue weighted by Gasteiger charge is -2.35. The first-order valence-electron chi connectivity index (χ1n) is 11.6. The summed E-state index contributed by atoms with van der Waals surface area (Å²) < 4.78 is 5.60. The summed E-state index contributed by atoms with van der Waals surface area (Å²) in [5, 5.41) is 23.7. The van der Waals surface area contributed by atoms with Crippen LogP contribution in [0.2, 0.25) is 0 Å². The number of hydrogen-bond acceptors (Lipinski definition) is 6. The molecule has 32 heavy (non-hydrogen) atoms. The van der Waals surface area contributed by atoms with Gasteiger partial charge in [-0.1, -0.05) is 27.7 Å². The van der Waals surface area contributed by atoms with Gasteiger partial charge in [-0.25, -0.2) is 0 Å². The summed E-state index contributed by atoms with van der Waals surface area (Å²) in [6, 6.07) is 2.56. The highest BCUT2D eigenvalue weighted by Gasteiger charge is 2.31. The lowest BCUT2D eigenvalue weighted by molar-refractivity contribution is -0.158. The van der Waals surface area contributed by atoms with E-state index in [-0.39, 0.29) is 46.9 Å². The number of carbonyl (C=O) groups is 2. The van der Waals surface area contributed by atoms with Crippen LogP contribution in [0.5, 0.6) is 11.5 Å². The number of hydrogen-bond donors (Lipinski definition) is 3. The second-order valence-electron chi connectivity index (χ2n) is 10.5. The van der Waals surface area contributed by atoms with Gasteiger partial charge in [0, 0.05) is 25.2 Å². The molecule has 3 N–H and O–H groups in total. The molecular weight excluding hydrogens is 408 g/mol. The third-order valence-corrected chi connectivity index (χ3v) is 5.61. The second-order valence-corrected chi connectivity index (χ2v) is 10.5. The summed E-state index contributed by atoms with van der Waals surface area (Å²) in [4.78, 5) is 27.4. The Morgan fingerprint density at radius 3 is 2.19 bits per heavy atom. The molecule has 1 fully saturated rings. The molecular formula is C25H40N2O5. The standard InChI is InChI=1S/C25H40N2O5/c1-15(2)12-20(24(31)32-25(5,6)7)26-17-8-10-27(11-9-17)23(30)19-13-18(16(3)4)21(28)14-22(19)29/h13-17,20,26,28-29H,8-12H2,1-7H3/t20-/m0/s1. The van der Waals surface area contributed by atoms with E-state index < -0.39 is 5.60 Å². The number of aromatic hydroxyl groups is 2. The van der Waals surface area contributed by atoms with Crippen LogP contribution in [-0.2, 0) is 9.53 Å². The maximum absolute atomic E-state index is 13.0. The van der Waals surface area contributed by atoms with E-state index in [1.165, 1.54) is 6.07 Å². The molecule has 0 aliphatic carbocycles. The summed E-state index contributed by atoms with van der Waals surface area (Å²) in [6.45, 7) is 14.7. The van der Waals surface area contributed by atoms with Crippen molar-refractivity contribution in [1.82, 2.24) is 10.2 Å². The van der Waals surface area contributed by atoms with Gasteiger partial charge in [0.05, 0.1) is 5.56 Å². The number of amides is 1. The zero-order valence-electron chi connectivity index (χ0n) is 20.6. The molecule has 1 atom stereocenters. The molecule has 1 heterocycles. The third-order valence-electron chi connectivity index (χ3n) is 5.61. The van der Waals surface area contributed by atoms with Crippen molar-refractivity contribution in [3.8, 4) is 11.5 Å². The van der Waals surface area contributed by atoms with Crippen LogP contribution < -0.4 is 5.32 Å². The third kappa shape index (κ3) is 7.12. The van der Waals surface area contributed by atoms with E-state index in [1.54, 1.807) is 11.0 Å². The van der Waals surface area contributed by atoms with E-state index >= 15 is 0 Å². The van der Waals surface area contributed by atoms with E-state index in [1.807, 2.05) is 34.6 Å². The topological polar surface area (TPSA) is 99.1 Å². The van der Waals surface area contributed by atoms with Gasteiger partial charge < -0.3 is 25.2 Å². The second kappa shape index (κ2) is 10.6. The predicted octanol–water partition coefficient (Wildman–Crippen LogP) is 4.17. The Balaban J connectivity index is 2.03. The van der Waals surface area contributed by atoms with Crippen molar-refractivity contribution in [3.05, 3.63) is 23.3 Å². The number of carbonyl (C=O) groups excluding carboxylic acids is 2. The Morgan fingerprint density at radius 1 is 1.09 bits per heavy atom.